The van der Waals surface area contributed by atoms with Gasteiger partial charge in [-0.1, -0.05) is 48.8 Å². The van der Waals surface area contributed by atoms with Crippen LogP contribution in [0.15, 0.2) is 22.7 Å². The van der Waals surface area contributed by atoms with E-state index in [1.54, 1.807) is 7.05 Å². The molecule has 0 aliphatic carbocycles. The van der Waals surface area contributed by atoms with E-state index in [1.807, 2.05) is 18.2 Å². The summed E-state index contributed by atoms with van der Waals surface area (Å²) < 4.78 is 14.6. The molecule has 1 rings (SSSR count). The third kappa shape index (κ3) is 3.29. The highest BCUT2D eigenvalue weighted by Gasteiger charge is 2.18. The molecule has 0 heterocycles. The third-order valence-electron chi connectivity index (χ3n) is 2.55. The Morgan fingerprint density at radius 1 is 1.38 bits per heavy atom. The van der Waals surface area contributed by atoms with Crippen molar-refractivity contribution in [2.24, 2.45) is 0 Å². The highest BCUT2D eigenvalue weighted by Crippen LogP contribution is 2.32. The van der Waals surface area contributed by atoms with Gasteiger partial charge in [0.2, 0.25) is 0 Å². The smallest absolute Gasteiger partial charge is 0.138 e. The van der Waals surface area contributed by atoms with Gasteiger partial charge in [-0.2, -0.15) is 0 Å². The van der Waals surface area contributed by atoms with E-state index in [0.29, 0.717) is 12.1 Å². The van der Waals surface area contributed by atoms with Gasteiger partial charge in [-0.3, -0.25) is 0 Å². The van der Waals surface area contributed by atoms with Crippen molar-refractivity contribution in [3.63, 3.8) is 0 Å². The summed E-state index contributed by atoms with van der Waals surface area (Å²) in [4.78, 5) is 0. The minimum absolute atomic E-state index is 0.0756. The van der Waals surface area contributed by atoms with Gasteiger partial charge in [-0.15, -0.1) is 0 Å². The van der Waals surface area contributed by atoms with Crippen LogP contribution < -0.4 is 5.32 Å². The molecule has 0 radical (unpaired) electrons. The molecule has 0 saturated heterocycles. The van der Waals surface area contributed by atoms with Gasteiger partial charge in [0.15, 0.2) is 0 Å². The van der Waals surface area contributed by atoms with Crippen molar-refractivity contribution in [2.75, 3.05) is 13.6 Å². The predicted octanol–water partition coefficient (Wildman–Crippen LogP) is 3.98. The Morgan fingerprint density at radius 3 is 2.44 bits per heavy atom. The maximum Gasteiger partial charge on any atom is 0.138 e. The van der Waals surface area contributed by atoms with Gasteiger partial charge in [0.1, 0.15) is 6.17 Å². The fraction of sp³-hybridized carbons (Fsp3) is 0.538. The lowest BCUT2D eigenvalue weighted by molar-refractivity contribution is 0.335. The van der Waals surface area contributed by atoms with Crippen LogP contribution >= 0.6 is 15.9 Å². The topological polar surface area (TPSA) is 12.0 Å². The number of hydrogen-bond acceptors (Lipinski definition) is 1. The van der Waals surface area contributed by atoms with Crippen LogP contribution in [0, 0.1) is 0 Å². The Kier molecular flexibility index (Phi) is 4.51. The van der Waals surface area contributed by atoms with Crippen molar-refractivity contribution in [3.05, 3.63) is 33.8 Å². The first-order valence-electron chi connectivity index (χ1n) is 5.45. The van der Waals surface area contributed by atoms with Gasteiger partial charge in [0.05, 0.1) is 0 Å². The average molecular weight is 288 g/mol. The molecule has 90 valence electrons. The first-order chi connectivity index (χ1) is 7.36. The van der Waals surface area contributed by atoms with E-state index in [1.165, 1.54) is 5.56 Å². The summed E-state index contributed by atoms with van der Waals surface area (Å²) in [6, 6.07) is 5.75. The quantitative estimate of drug-likeness (QED) is 0.887. The molecular formula is C13H19BrFN. The fourth-order valence-corrected chi connectivity index (χ4v) is 2.62. The van der Waals surface area contributed by atoms with Crippen molar-refractivity contribution in [3.8, 4) is 0 Å². The molecule has 0 fully saturated rings. The molecule has 1 atom stereocenters. The summed E-state index contributed by atoms with van der Waals surface area (Å²) in [6.45, 7) is 6.79. The lowest BCUT2D eigenvalue weighted by Gasteiger charge is -2.21. The van der Waals surface area contributed by atoms with Crippen LogP contribution in [0.5, 0.6) is 0 Å². The maximum absolute atomic E-state index is 13.7. The van der Waals surface area contributed by atoms with E-state index in [2.05, 4.69) is 42.0 Å². The van der Waals surface area contributed by atoms with Gasteiger partial charge in [0, 0.05) is 11.0 Å². The lowest BCUT2D eigenvalue weighted by atomic mass is 9.86. The minimum atomic E-state index is -0.949. The van der Waals surface area contributed by atoms with Crippen LogP contribution in [-0.4, -0.2) is 13.6 Å². The predicted molar refractivity (Wildman–Crippen MR) is 70.6 cm³/mol. The Bertz CT molecular complexity index is 357. The van der Waals surface area contributed by atoms with E-state index in [9.17, 15) is 4.39 Å². The SMILES string of the molecule is CNCC(F)c1ccc(C(C)(C)C)c(Br)c1. The molecule has 3 heteroatoms. The zero-order chi connectivity index (χ0) is 12.3. The second kappa shape index (κ2) is 5.28. The Balaban J connectivity index is 3.00. The molecule has 1 aromatic rings. The molecule has 16 heavy (non-hydrogen) atoms. The summed E-state index contributed by atoms with van der Waals surface area (Å²) in [6.07, 6.45) is -0.949. The number of halogens is 2. The number of likely N-dealkylation sites (N-methyl/N-ethyl adjacent to an activating group) is 1. The van der Waals surface area contributed by atoms with E-state index in [-0.39, 0.29) is 5.41 Å². The van der Waals surface area contributed by atoms with E-state index in [4.69, 9.17) is 0 Å². The van der Waals surface area contributed by atoms with E-state index in [0.717, 1.165) is 4.47 Å². The van der Waals surface area contributed by atoms with Gasteiger partial charge in [-0.25, -0.2) is 4.39 Å². The second-order valence-corrected chi connectivity index (χ2v) is 5.87. The molecular weight excluding hydrogens is 269 g/mol. The van der Waals surface area contributed by atoms with Crippen LogP contribution in [-0.2, 0) is 5.41 Å². The Morgan fingerprint density at radius 2 is 2.00 bits per heavy atom. The molecule has 1 aromatic carbocycles. The molecule has 0 spiro atoms. The number of rotatable bonds is 3. The molecule has 0 aliphatic rings. The zero-order valence-electron chi connectivity index (χ0n) is 10.3. The summed E-state index contributed by atoms with van der Waals surface area (Å²) in [5.41, 5.74) is 1.99. The lowest BCUT2D eigenvalue weighted by Crippen LogP contribution is -2.15. The Hall–Kier alpha value is -0.410. The van der Waals surface area contributed by atoms with Crippen molar-refractivity contribution < 1.29 is 4.39 Å². The average Bonchev–Trinajstić information content (AvgIpc) is 2.16. The molecule has 0 aromatic heterocycles. The highest BCUT2D eigenvalue weighted by atomic mass is 79.9. The monoisotopic (exact) mass is 287 g/mol. The molecule has 1 N–H and O–H groups in total. The molecule has 1 nitrogen and oxygen atoms in total. The first kappa shape index (κ1) is 13.7. The maximum atomic E-state index is 13.7. The summed E-state index contributed by atoms with van der Waals surface area (Å²) in [7, 11) is 1.76. The largest absolute Gasteiger partial charge is 0.317 e. The minimum Gasteiger partial charge on any atom is -0.317 e. The van der Waals surface area contributed by atoms with Crippen molar-refractivity contribution >= 4 is 15.9 Å². The van der Waals surface area contributed by atoms with Gasteiger partial charge < -0.3 is 5.32 Å². The van der Waals surface area contributed by atoms with Crippen LogP contribution in [0.3, 0.4) is 0 Å². The van der Waals surface area contributed by atoms with Gasteiger partial charge in [-0.05, 0) is 29.7 Å². The third-order valence-corrected chi connectivity index (χ3v) is 3.20. The van der Waals surface area contributed by atoms with Crippen LogP contribution in [0.2, 0.25) is 0 Å². The standard InChI is InChI=1S/C13H19BrFN/c1-13(2,3)10-6-5-9(7-11(10)14)12(15)8-16-4/h5-7,12,16H,8H2,1-4H3. The molecule has 1 unspecified atom stereocenters. The normalized spacial score (nSPS) is 13.9. The van der Waals surface area contributed by atoms with E-state index >= 15 is 0 Å². The first-order valence-corrected chi connectivity index (χ1v) is 6.24. The molecule has 0 bridgehead atoms. The summed E-state index contributed by atoms with van der Waals surface area (Å²) >= 11 is 3.52. The number of nitrogens with one attached hydrogen (secondary N) is 1. The van der Waals surface area contributed by atoms with Crippen molar-refractivity contribution in [2.45, 2.75) is 32.4 Å². The number of alkyl halides is 1. The van der Waals surface area contributed by atoms with Gasteiger partial charge >= 0.3 is 0 Å². The van der Waals surface area contributed by atoms with Crippen LogP contribution in [0.25, 0.3) is 0 Å². The van der Waals surface area contributed by atoms with Crippen molar-refractivity contribution in [1.82, 2.24) is 5.32 Å². The highest BCUT2D eigenvalue weighted by molar-refractivity contribution is 9.10. The van der Waals surface area contributed by atoms with Gasteiger partial charge in [0.25, 0.3) is 0 Å². The van der Waals surface area contributed by atoms with Crippen LogP contribution in [0.1, 0.15) is 38.1 Å². The summed E-state index contributed by atoms with van der Waals surface area (Å²) in [5.74, 6) is 0. The number of benzene rings is 1. The summed E-state index contributed by atoms with van der Waals surface area (Å²) in [5, 5.41) is 2.84. The zero-order valence-corrected chi connectivity index (χ0v) is 11.9. The fourth-order valence-electron chi connectivity index (χ4n) is 1.63. The Labute approximate surface area is 106 Å². The van der Waals surface area contributed by atoms with E-state index < -0.39 is 6.17 Å². The van der Waals surface area contributed by atoms with Crippen molar-refractivity contribution in [1.29, 1.82) is 0 Å². The molecule has 0 aliphatic heterocycles. The number of hydrogen-bond donors (Lipinski definition) is 1. The molecule has 0 saturated carbocycles. The van der Waals surface area contributed by atoms with Crippen LogP contribution in [0.4, 0.5) is 4.39 Å². The second-order valence-electron chi connectivity index (χ2n) is 5.01. The molecule has 0 amide bonds.